The topological polar surface area (TPSA) is 158 Å². The van der Waals surface area contributed by atoms with Crippen LogP contribution >= 0.6 is 11.3 Å². The van der Waals surface area contributed by atoms with Crippen LogP contribution in [0.4, 0.5) is 0 Å². The van der Waals surface area contributed by atoms with Crippen LogP contribution in [0, 0.1) is 17.8 Å². The van der Waals surface area contributed by atoms with E-state index in [0.717, 1.165) is 31.4 Å². The third kappa shape index (κ3) is 12.1. The standard InChI is InChI=1S/C38H57N5O7S/c1-9-24(4)33(41-35(46)30-17-13-14-18-42(30)7)37(47)43(8)31(23(2)3)21-32(50-26(6)44)36-40-29(22-51-36)34(45)39-28(19-25(5)38(48)49)20-27-15-11-10-12-16-27/h10-12,15-16,22-25,28,30-33H,9,13-14,17-21H2,1-8H3,(H,39,45)(H,41,46)(H,48,49)/t24-,25?,28?,30+,31+,32+,33-/m0/s1. The molecule has 3 N–H and O–H groups in total. The number of amides is 3. The normalized spacial score (nSPS) is 18.5. The maximum Gasteiger partial charge on any atom is 0.306 e. The summed E-state index contributed by atoms with van der Waals surface area (Å²) >= 11 is 1.18. The van der Waals surface area contributed by atoms with E-state index >= 15 is 0 Å². The van der Waals surface area contributed by atoms with Crippen molar-refractivity contribution in [1.82, 2.24) is 25.4 Å². The van der Waals surface area contributed by atoms with Crippen LogP contribution in [0.5, 0.6) is 0 Å². The van der Waals surface area contributed by atoms with Crippen molar-refractivity contribution in [3.63, 3.8) is 0 Å². The van der Waals surface area contributed by atoms with E-state index in [0.29, 0.717) is 17.8 Å². The number of likely N-dealkylation sites (tertiary alicyclic amines) is 1. The Labute approximate surface area is 306 Å². The number of carboxylic acids is 1. The van der Waals surface area contributed by atoms with Gasteiger partial charge in [-0.2, -0.15) is 0 Å². The molecule has 7 atom stereocenters. The van der Waals surface area contributed by atoms with Crippen LogP contribution in [-0.4, -0.2) is 94.4 Å². The summed E-state index contributed by atoms with van der Waals surface area (Å²) in [4.78, 5) is 73.3. The Kier molecular flexibility index (Phi) is 16.0. The molecular weight excluding hydrogens is 671 g/mol. The van der Waals surface area contributed by atoms with Gasteiger partial charge in [-0.1, -0.05) is 77.8 Å². The number of benzene rings is 1. The molecule has 3 amide bonds. The molecular formula is C38H57N5O7S. The summed E-state index contributed by atoms with van der Waals surface area (Å²) in [5, 5.41) is 17.6. The number of likely N-dealkylation sites (N-methyl/N-ethyl adjacent to an activating group) is 2. The minimum atomic E-state index is -0.944. The second-order valence-electron chi connectivity index (χ2n) is 14.4. The molecule has 3 rings (SSSR count). The van der Waals surface area contributed by atoms with Crippen LogP contribution in [0.3, 0.4) is 0 Å². The van der Waals surface area contributed by atoms with E-state index in [9.17, 15) is 29.1 Å². The summed E-state index contributed by atoms with van der Waals surface area (Å²) in [5.74, 6) is -3.11. The number of nitrogens with zero attached hydrogens (tertiary/aromatic N) is 3. The van der Waals surface area contributed by atoms with E-state index in [1.807, 2.05) is 70.0 Å². The fraction of sp³-hybridized carbons (Fsp3) is 0.632. The SMILES string of the molecule is CC[C@H](C)[C@H](NC(=O)[C@H]1CCCCN1C)C(=O)N(C)[C@H](C[C@@H](OC(C)=O)c1nc(C(=O)NC(Cc2ccccc2)CC(C)C(=O)O)cs1)C(C)C. The molecule has 1 aliphatic heterocycles. The molecule has 1 aromatic heterocycles. The van der Waals surface area contributed by atoms with E-state index in [4.69, 9.17) is 4.74 Å². The lowest BCUT2D eigenvalue weighted by Gasteiger charge is -2.38. The molecule has 2 aromatic rings. The molecule has 0 spiro atoms. The van der Waals surface area contributed by atoms with Crippen molar-refractivity contribution in [3.8, 4) is 0 Å². The van der Waals surface area contributed by atoms with Crippen LogP contribution in [0.15, 0.2) is 35.7 Å². The van der Waals surface area contributed by atoms with Gasteiger partial charge in [0, 0.05) is 37.9 Å². The molecule has 0 aliphatic carbocycles. The Morgan fingerprint density at radius 1 is 1.06 bits per heavy atom. The minimum Gasteiger partial charge on any atom is -0.481 e. The van der Waals surface area contributed by atoms with Gasteiger partial charge in [-0.25, -0.2) is 4.98 Å². The highest BCUT2D eigenvalue weighted by molar-refractivity contribution is 7.09. The quantitative estimate of drug-likeness (QED) is 0.178. The van der Waals surface area contributed by atoms with Crippen molar-refractivity contribution in [2.45, 2.75) is 117 Å². The Balaban J connectivity index is 1.81. The Morgan fingerprint density at radius 3 is 2.33 bits per heavy atom. The number of carbonyl (C=O) groups excluding carboxylic acids is 4. The van der Waals surface area contributed by atoms with Crippen molar-refractivity contribution in [2.75, 3.05) is 20.6 Å². The minimum absolute atomic E-state index is 0.0486. The molecule has 2 unspecified atom stereocenters. The van der Waals surface area contributed by atoms with E-state index < -0.39 is 48.0 Å². The molecule has 0 bridgehead atoms. The van der Waals surface area contributed by atoms with Gasteiger partial charge in [-0.3, -0.25) is 28.9 Å². The average molecular weight is 728 g/mol. The predicted octanol–water partition coefficient (Wildman–Crippen LogP) is 5.09. The molecule has 12 nitrogen and oxygen atoms in total. The van der Waals surface area contributed by atoms with Gasteiger partial charge in [0.2, 0.25) is 11.8 Å². The zero-order valence-corrected chi connectivity index (χ0v) is 32.2. The number of thiazole rings is 1. The molecule has 0 radical (unpaired) electrons. The lowest BCUT2D eigenvalue weighted by Crippen LogP contribution is -2.58. The van der Waals surface area contributed by atoms with E-state index in [2.05, 4.69) is 15.6 Å². The molecule has 1 aromatic carbocycles. The predicted molar refractivity (Wildman–Crippen MR) is 197 cm³/mol. The number of carbonyl (C=O) groups is 5. The van der Waals surface area contributed by atoms with Gasteiger partial charge >= 0.3 is 11.9 Å². The number of hydrogen-bond acceptors (Lipinski definition) is 9. The Morgan fingerprint density at radius 2 is 1.75 bits per heavy atom. The number of esters is 1. The number of piperidine rings is 1. The van der Waals surface area contributed by atoms with Crippen LogP contribution in [0.25, 0.3) is 0 Å². The van der Waals surface area contributed by atoms with Gasteiger partial charge in [-0.15, -0.1) is 11.3 Å². The lowest BCUT2D eigenvalue weighted by molar-refractivity contribution is -0.149. The second-order valence-corrected chi connectivity index (χ2v) is 15.3. The number of carboxylic acid groups (broad SMARTS) is 1. The zero-order valence-electron chi connectivity index (χ0n) is 31.4. The fourth-order valence-electron chi connectivity index (χ4n) is 6.64. The molecule has 2 heterocycles. The fourth-order valence-corrected chi connectivity index (χ4v) is 7.48. The van der Waals surface area contributed by atoms with Gasteiger partial charge in [-0.05, 0) is 56.7 Å². The first-order valence-corrected chi connectivity index (χ1v) is 19.0. The molecule has 1 saturated heterocycles. The average Bonchev–Trinajstić information content (AvgIpc) is 3.59. The second kappa shape index (κ2) is 19.7. The van der Waals surface area contributed by atoms with Crippen molar-refractivity contribution in [1.29, 1.82) is 0 Å². The summed E-state index contributed by atoms with van der Waals surface area (Å²) in [6.45, 7) is 11.7. The van der Waals surface area contributed by atoms with Crippen molar-refractivity contribution >= 4 is 41.0 Å². The Bertz CT molecular complexity index is 1470. The van der Waals surface area contributed by atoms with Crippen molar-refractivity contribution in [3.05, 3.63) is 52.0 Å². The van der Waals surface area contributed by atoms with Gasteiger partial charge in [0.25, 0.3) is 5.91 Å². The smallest absolute Gasteiger partial charge is 0.306 e. The van der Waals surface area contributed by atoms with Gasteiger partial charge in [0.15, 0.2) is 6.10 Å². The van der Waals surface area contributed by atoms with E-state index in [1.54, 1.807) is 24.3 Å². The molecule has 1 fully saturated rings. The summed E-state index contributed by atoms with van der Waals surface area (Å²) < 4.78 is 5.76. The number of aromatic nitrogens is 1. The van der Waals surface area contributed by atoms with Crippen molar-refractivity contribution in [2.24, 2.45) is 17.8 Å². The summed E-state index contributed by atoms with van der Waals surface area (Å²) in [6.07, 6.45) is 3.53. The third-order valence-electron chi connectivity index (χ3n) is 9.98. The number of rotatable bonds is 18. The third-order valence-corrected chi connectivity index (χ3v) is 10.9. The van der Waals surface area contributed by atoms with Gasteiger partial charge in [0.1, 0.15) is 16.7 Å². The first kappa shape index (κ1) is 41.6. The number of nitrogens with one attached hydrogen (secondary N) is 2. The highest BCUT2D eigenvalue weighted by atomic mass is 32.1. The number of ether oxygens (including phenoxy) is 1. The first-order chi connectivity index (χ1) is 24.1. The van der Waals surface area contributed by atoms with Crippen LogP contribution in [0.1, 0.15) is 107 Å². The molecule has 282 valence electrons. The van der Waals surface area contributed by atoms with Crippen LogP contribution < -0.4 is 10.6 Å². The zero-order chi connectivity index (χ0) is 37.8. The van der Waals surface area contributed by atoms with Gasteiger partial charge < -0.3 is 25.4 Å². The molecule has 1 aliphatic rings. The molecule has 0 saturated carbocycles. The maximum atomic E-state index is 14.2. The van der Waals surface area contributed by atoms with E-state index in [1.165, 1.54) is 18.3 Å². The van der Waals surface area contributed by atoms with E-state index in [-0.39, 0.29) is 48.2 Å². The lowest BCUT2D eigenvalue weighted by atomic mass is 9.92. The molecule has 51 heavy (non-hydrogen) atoms. The van der Waals surface area contributed by atoms with Gasteiger partial charge in [0.05, 0.1) is 12.0 Å². The van der Waals surface area contributed by atoms with Crippen molar-refractivity contribution < 1.29 is 33.8 Å². The monoisotopic (exact) mass is 727 g/mol. The van der Waals surface area contributed by atoms with Crippen LogP contribution in [-0.2, 0) is 30.3 Å². The maximum absolute atomic E-state index is 14.2. The van der Waals surface area contributed by atoms with Crippen LogP contribution in [0.2, 0.25) is 0 Å². The number of hydrogen-bond donors (Lipinski definition) is 3. The summed E-state index contributed by atoms with van der Waals surface area (Å²) in [5.41, 5.74) is 1.09. The summed E-state index contributed by atoms with van der Waals surface area (Å²) in [6, 6.07) is 7.68. The summed E-state index contributed by atoms with van der Waals surface area (Å²) in [7, 11) is 3.66. The molecule has 13 heteroatoms. The highest BCUT2D eigenvalue weighted by Gasteiger charge is 2.37. The Hall–Kier alpha value is -3.84. The highest BCUT2D eigenvalue weighted by Crippen LogP contribution is 2.31. The first-order valence-electron chi connectivity index (χ1n) is 18.1. The largest absolute Gasteiger partial charge is 0.481 e. The number of aliphatic carboxylic acids is 1.